The number of ketones is 2. The molecule has 0 spiro atoms. The number of benzene rings is 1. The summed E-state index contributed by atoms with van der Waals surface area (Å²) in [5, 5.41) is 0. The van der Waals surface area contributed by atoms with Crippen LogP contribution in [0.2, 0.25) is 0 Å². The van der Waals surface area contributed by atoms with E-state index in [1.807, 2.05) is 18.3 Å². The van der Waals surface area contributed by atoms with E-state index in [4.69, 9.17) is 9.47 Å². The predicted molar refractivity (Wildman–Crippen MR) is 82.2 cm³/mol. The number of ether oxygens (including phenoxy) is 2. The molecule has 0 amide bonds. The maximum absolute atomic E-state index is 12.7. The molecule has 0 saturated heterocycles. The summed E-state index contributed by atoms with van der Waals surface area (Å²) in [5.41, 5.74) is 0.543. The third-order valence-corrected chi connectivity index (χ3v) is 4.30. The van der Waals surface area contributed by atoms with Gasteiger partial charge in [0.2, 0.25) is 5.78 Å². The average Bonchev–Trinajstić information content (AvgIpc) is 2.50. The maximum Gasteiger partial charge on any atom is 0.205 e. The summed E-state index contributed by atoms with van der Waals surface area (Å²) in [7, 11) is 4.81. The van der Waals surface area contributed by atoms with Gasteiger partial charge in [0.25, 0.3) is 0 Å². The molecule has 1 aromatic carbocycles. The van der Waals surface area contributed by atoms with Crippen LogP contribution >= 0.6 is 11.9 Å². The molecule has 0 bridgehead atoms. The van der Waals surface area contributed by atoms with E-state index in [9.17, 15) is 9.59 Å². The first-order valence-corrected chi connectivity index (χ1v) is 7.25. The van der Waals surface area contributed by atoms with E-state index in [1.165, 1.54) is 32.2 Å². The van der Waals surface area contributed by atoms with Gasteiger partial charge in [-0.05, 0) is 31.1 Å². The van der Waals surface area contributed by atoms with E-state index in [1.54, 1.807) is 12.1 Å². The topological polar surface area (TPSA) is 55.8 Å². The fourth-order valence-electron chi connectivity index (χ4n) is 2.05. The number of Topliss-reactive ketones (excluding diaryl/α,β-unsaturated/α-hetero) is 1. The third-order valence-electron chi connectivity index (χ3n) is 3.23. The molecule has 0 aromatic heterocycles. The Morgan fingerprint density at radius 1 is 1.10 bits per heavy atom. The maximum atomic E-state index is 12.7. The van der Waals surface area contributed by atoms with Crippen molar-refractivity contribution in [1.29, 1.82) is 0 Å². The molecule has 0 heterocycles. The first-order valence-electron chi connectivity index (χ1n) is 6.48. The van der Waals surface area contributed by atoms with Gasteiger partial charge in [0, 0.05) is 12.6 Å². The Morgan fingerprint density at radius 3 is 2.19 bits per heavy atom. The Labute approximate surface area is 128 Å². The molecule has 0 unspecified atom stereocenters. The van der Waals surface area contributed by atoms with Gasteiger partial charge >= 0.3 is 0 Å². The van der Waals surface area contributed by atoms with Gasteiger partial charge in [0.05, 0.1) is 30.3 Å². The molecular formula is C15H17NO4S. The number of hydrogen-bond donors (Lipinski definition) is 0. The zero-order valence-corrected chi connectivity index (χ0v) is 13.2. The number of hydrogen-bond acceptors (Lipinski definition) is 6. The van der Waals surface area contributed by atoms with Crippen LogP contribution in [0, 0.1) is 0 Å². The molecule has 0 atom stereocenters. The molecule has 1 aliphatic carbocycles. The number of fused-ring (bicyclic) bond motifs is 1. The van der Waals surface area contributed by atoms with Crippen LogP contribution in [0.4, 0.5) is 0 Å². The molecule has 5 nitrogen and oxygen atoms in total. The zero-order valence-electron chi connectivity index (χ0n) is 12.4. The van der Waals surface area contributed by atoms with Crippen molar-refractivity contribution in [2.75, 3.05) is 27.8 Å². The molecule has 2 rings (SSSR count). The Morgan fingerprint density at radius 2 is 1.67 bits per heavy atom. The fraction of sp³-hybridized carbons (Fsp3) is 0.333. The van der Waals surface area contributed by atoms with Crippen LogP contribution in [0.5, 0.6) is 11.5 Å². The van der Waals surface area contributed by atoms with E-state index in [-0.39, 0.29) is 22.7 Å². The average molecular weight is 307 g/mol. The number of rotatable bonds is 5. The lowest BCUT2D eigenvalue weighted by molar-refractivity contribution is 0.0985. The van der Waals surface area contributed by atoms with Crippen LogP contribution in [0.15, 0.2) is 23.1 Å². The van der Waals surface area contributed by atoms with Crippen LogP contribution in [0.3, 0.4) is 0 Å². The minimum Gasteiger partial charge on any atom is -0.496 e. The first-order chi connectivity index (χ1) is 10.0. The third kappa shape index (κ3) is 2.82. The first kappa shape index (κ1) is 15.6. The molecule has 0 fully saturated rings. The van der Waals surface area contributed by atoms with Crippen molar-refractivity contribution < 1.29 is 19.1 Å². The van der Waals surface area contributed by atoms with Crippen LogP contribution < -0.4 is 9.47 Å². The minimum absolute atomic E-state index is 0.217. The molecular weight excluding hydrogens is 290 g/mol. The van der Waals surface area contributed by atoms with E-state index in [2.05, 4.69) is 0 Å². The molecule has 0 saturated carbocycles. The summed E-state index contributed by atoms with van der Waals surface area (Å²) in [6.07, 6.45) is 1.36. The molecule has 6 heteroatoms. The van der Waals surface area contributed by atoms with Crippen molar-refractivity contribution in [3.05, 3.63) is 34.2 Å². The second kappa shape index (κ2) is 6.32. The quantitative estimate of drug-likeness (QED) is 0.779. The lowest BCUT2D eigenvalue weighted by Crippen LogP contribution is -2.20. The van der Waals surface area contributed by atoms with Gasteiger partial charge in [-0.15, -0.1) is 0 Å². The summed E-state index contributed by atoms with van der Waals surface area (Å²) in [4.78, 5) is 25.4. The van der Waals surface area contributed by atoms with Crippen molar-refractivity contribution in [2.45, 2.75) is 6.92 Å². The van der Waals surface area contributed by atoms with Crippen molar-refractivity contribution >= 4 is 23.5 Å². The molecule has 112 valence electrons. The highest BCUT2D eigenvalue weighted by atomic mass is 32.2. The Kier molecular flexibility index (Phi) is 4.69. The fourth-order valence-corrected chi connectivity index (χ4v) is 2.86. The van der Waals surface area contributed by atoms with Crippen molar-refractivity contribution in [1.82, 2.24) is 4.31 Å². The molecule has 0 radical (unpaired) electrons. The van der Waals surface area contributed by atoms with Crippen LogP contribution in [0.25, 0.3) is 0 Å². The summed E-state index contributed by atoms with van der Waals surface area (Å²) >= 11 is 1.26. The van der Waals surface area contributed by atoms with Gasteiger partial charge in [-0.25, -0.2) is 4.31 Å². The number of nitrogens with zero attached hydrogens (tertiary/aromatic N) is 1. The second-order valence-corrected chi connectivity index (χ2v) is 5.70. The predicted octanol–water partition coefficient (Wildman–Crippen LogP) is 2.57. The van der Waals surface area contributed by atoms with Gasteiger partial charge in [-0.2, -0.15) is 0 Å². The van der Waals surface area contributed by atoms with Crippen molar-refractivity contribution in [3.63, 3.8) is 0 Å². The SMILES string of the molecule is CCN(C)SC1=CC(=O)c2c(OC)ccc(OC)c2C1=O. The second-order valence-electron chi connectivity index (χ2n) is 4.46. The normalized spacial score (nSPS) is 14.0. The standard InChI is InChI=1S/C15H17NO4S/c1-5-16(2)21-12-8-9(17)13-10(19-3)6-7-11(20-4)14(13)15(12)18/h6-8H,5H2,1-4H3. The van der Waals surface area contributed by atoms with E-state index in [0.29, 0.717) is 16.4 Å². The number of methoxy groups -OCH3 is 2. The minimum atomic E-state index is -0.243. The Balaban J connectivity index is 2.55. The van der Waals surface area contributed by atoms with Crippen LogP contribution in [-0.2, 0) is 0 Å². The summed E-state index contributed by atoms with van der Waals surface area (Å²) in [6, 6.07) is 3.27. The van der Waals surface area contributed by atoms with Gasteiger partial charge in [0.1, 0.15) is 11.5 Å². The molecule has 0 N–H and O–H groups in total. The van der Waals surface area contributed by atoms with Crippen molar-refractivity contribution in [3.8, 4) is 11.5 Å². The lowest BCUT2D eigenvalue weighted by atomic mass is 9.93. The monoisotopic (exact) mass is 307 g/mol. The summed E-state index contributed by atoms with van der Waals surface area (Å²) in [6.45, 7) is 2.73. The number of carbonyl (C=O) groups is 2. The van der Waals surface area contributed by atoms with E-state index in [0.717, 1.165) is 6.54 Å². The zero-order chi connectivity index (χ0) is 15.6. The largest absolute Gasteiger partial charge is 0.496 e. The number of carbonyl (C=O) groups excluding carboxylic acids is 2. The van der Waals surface area contributed by atoms with E-state index < -0.39 is 0 Å². The van der Waals surface area contributed by atoms with Gasteiger partial charge < -0.3 is 9.47 Å². The van der Waals surface area contributed by atoms with Crippen molar-refractivity contribution in [2.24, 2.45) is 0 Å². The molecule has 21 heavy (non-hydrogen) atoms. The smallest absolute Gasteiger partial charge is 0.205 e. The van der Waals surface area contributed by atoms with E-state index >= 15 is 0 Å². The van der Waals surface area contributed by atoms with Gasteiger partial charge in [0.15, 0.2) is 5.78 Å². The Bertz CT molecular complexity index is 624. The molecule has 0 aliphatic heterocycles. The molecule has 1 aromatic rings. The van der Waals surface area contributed by atoms with Crippen LogP contribution in [-0.4, -0.2) is 43.7 Å². The molecule has 1 aliphatic rings. The lowest BCUT2D eigenvalue weighted by Gasteiger charge is -2.21. The summed E-state index contributed by atoms with van der Waals surface area (Å²) < 4.78 is 12.3. The Hall–Kier alpha value is -1.79. The highest BCUT2D eigenvalue weighted by Crippen LogP contribution is 2.38. The van der Waals surface area contributed by atoms with Crippen LogP contribution in [0.1, 0.15) is 27.6 Å². The van der Waals surface area contributed by atoms with Gasteiger partial charge in [-0.1, -0.05) is 6.92 Å². The number of allylic oxidation sites excluding steroid dienone is 2. The summed E-state index contributed by atoms with van der Waals surface area (Å²) in [5.74, 6) is 0.306. The van der Waals surface area contributed by atoms with Gasteiger partial charge in [-0.3, -0.25) is 9.59 Å². The highest BCUT2D eigenvalue weighted by molar-refractivity contribution is 8.01. The highest BCUT2D eigenvalue weighted by Gasteiger charge is 2.32.